The number of pyridine rings is 1. The minimum absolute atomic E-state index is 0.373. The van der Waals surface area contributed by atoms with Gasteiger partial charge in [0.25, 0.3) is 0 Å². The molecule has 0 spiro atoms. The number of hydrogen-bond acceptors (Lipinski definition) is 4. The molecule has 0 amide bonds. The average molecular weight is 208 g/mol. The summed E-state index contributed by atoms with van der Waals surface area (Å²) < 4.78 is 10.4. The molecule has 1 N–H and O–H groups in total. The van der Waals surface area contributed by atoms with E-state index in [4.69, 9.17) is 9.47 Å². The first kappa shape index (κ1) is 10.2. The molecule has 0 aromatic carbocycles. The van der Waals surface area contributed by atoms with Crippen LogP contribution in [0.2, 0.25) is 0 Å². The van der Waals surface area contributed by atoms with Gasteiger partial charge in [-0.3, -0.25) is 0 Å². The molecule has 4 heteroatoms. The van der Waals surface area contributed by atoms with Crippen molar-refractivity contribution in [3.05, 3.63) is 17.8 Å². The maximum Gasteiger partial charge on any atom is 0.216 e. The molecule has 15 heavy (non-hydrogen) atoms. The molecule has 1 aromatic heterocycles. The second kappa shape index (κ2) is 4.49. The Morgan fingerprint density at radius 2 is 2.27 bits per heavy atom. The molecular formula is C11H16N2O2. The molecule has 0 bridgehead atoms. The Kier molecular flexibility index (Phi) is 3.06. The van der Waals surface area contributed by atoms with Gasteiger partial charge in [-0.25, -0.2) is 4.98 Å². The summed E-state index contributed by atoms with van der Waals surface area (Å²) in [5.74, 6) is 1.44. The van der Waals surface area contributed by atoms with E-state index >= 15 is 0 Å². The van der Waals surface area contributed by atoms with Gasteiger partial charge in [-0.15, -0.1) is 0 Å². The van der Waals surface area contributed by atoms with Crippen molar-refractivity contribution in [2.45, 2.75) is 18.9 Å². The fourth-order valence-electron chi connectivity index (χ4n) is 1.93. The summed E-state index contributed by atoms with van der Waals surface area (Å²) in [4.78, 5) is 4.21. The Morgan fingerprint density at radius 3 is 2.87 bits per heavy atom. The Morgan fingerprint density at radius 1 is 1.40 bits per heavy atom. The molecule has 0 saturated carbocycles. The second-order valence-corrected chi connectivity index (χ2v) is 3.62. The largest absolute Gasteiger partial charge is 0.496 e. The first-order valence-corrected chi connectivity index (χ1v) is 5.16. The lowest BCUT2D eigenvalue weighted by molar-refractivity contribution is 0.376. The predicted octanol–water partition coefficient (Wildman–Crippen LogP) is 1.52. The zero-order chi connectivity index (χ0) is 10.7. The summed E-state index contributed by atoms with van der Waals surface area (Å²) in [6, 6.07) is 2.20. The van der Waals surface area contributed by atoms with Crippen LogP contribution in [0.1, 0.15) is 24.4 Å². The fourth-order valence-corrected chi connectivity index (χ4v) is 1.93. The van der Waals surface area contributed by atoms with Crippen molar-refractivity contribution < 1.29 is 9.47 Å². The fraction of sp³-hybridized carbons (Fsp3) is 0.545. The highest BCUT2D eigenvalue weighted by atomic mass is 16.5. The third-order valence-electron chi connectivity index (χ3n) is 2.73. The summed E-state index contributed by atoms with van der Waals surface area (Å²) in [7, 11) is 3.28. The van der Waals surface area contributed by atoms with Gasteiger partial charge in [0.15, 0.2) is 0 Å². The zero-order valence-corrected chi connectivity index (χ0v) is 9.12. The third kappa shape index (κ3) is 2.04. The van der Waals surface area contributed by atoms with Crippen LogP contribution in [0, 0.1) is 0 Å². The van der Waals surface area contributed by atoms with E-state index in [-0.39, 0.29) is 0 Å². The first-order chi connectivity index (χ1) is 7.35. The van der Waals surface area contributed by atoms with Crippen molar-refractivity contribution in [3.63, 3.8) is 0 Å². The van der Waals surface area contributed by atoms with Gasteiger partial charge in [0.2, 0.25) is 5.88 Å². The summed E-state index contributed by atoms with van der Waals surface area (Å²) >= 11 is 0. The highest BCUT2D eigenvalue weighted by Gasteiger charge is 2.20. The molecule has 1 unspecified atom stereocenters. The van der Waals surface area contributed by atoms with Crippen LogP contribution in [-0.4, -0.2) is 25.7 Å². The van der Waals surface area contributed by atoms with E-state index in [1.807, 2.05) is 12.3 Å². The smallest absolute Gasteiger partial charge is 0.216 e. The van der Waals surface area contributed by atoms with E-state index in [0.717, 1.165) is 24.3 Å². The van der Waals surface area contributed by atoms with Crippen molar-refractivity contribution in [1.29, 1.82) is 0 Å². The lowest BCUT2D eigenvalue weighted by Gasteiger charge is -2.14. The van der Waals surface area contributed by atoms with Crippen LogP contribution in [-0.2, 0) is 0 Å². The minimum Gasteiger partial charge on any atom is -0.496 e. The molecule has 1 fully saturated rings. The Labute approximate surface area is 89.6 Å². The van der Waals surface area contributed by atoms with Gasteiger partial charge in [0.05, 0.1) is 14.2 Å². The lowest BCUT2D eigenvalue weighted by atomic mass is 10.1. The summed E-state index contributed by atoms with van der Waals surface area (Å²) in [5.41, 5.74) is 1.12. The summed E-state index contributed by atoms with van der Waals surface area (Å²) in [6.45, 7) is 1.07. The third-order valence-corrected chi connectivity index (χ3v) is 2.73. The van der Waals surface area contributed by atoms with Gasteiger partial charge in [-0.2, -0.15) is 0 Å². The van der Waals surface area contributed by atoms with Gasteiger partial charge in [0, 0.05) is 23.9 Å². The quantitative estimate of drug-likeness (QED) is 0.818. The van der Waals surface area contributed by atoms with E-state index < -0.39 is 0 Å². The maximum atomic E-state index is 5.34. The Hall–Kier alpha value is -1.29. The van der Waals surface area contributed by atoms with Gasteiger partial charge in [-0.05, 0) is 19.4 Å². The van der Waals surface area contributed by atoms with Crippen LogP contribution in [0.5, 0.6) is 11.6 Å². The number of rotatable bonds is 3. The molecule has 1 atom stereocenters. The monoisotopic (exact) mass is 208 g/mol. The number of hydrogen-bond donors (Lipinski definition) is 1. The number of aromatic nitrogens is 1. The maximum absolute atomic E-state index is 5.34. The molecule has 4 nitrogen and oxygen atoms in total. The highest BCUT2D eigenvalue weighted by Crippen LogP contribution is 2.31. The van der Waals surface area contributed by atoms with Crippen LogP contribution in [0.25, 0.3) is 0 Å². The number of nitrogens with zero attached hydrogens (tertiary/aromatic N) is 1. The second-order valence-electron chi connectivity index (χ2n) is 3.62. The highest BCUT2D eigenvalue weighted by molar-refractivity contribution is 5.38. The molecule has 0 aliphatic carbocycles. The van der Waals surface area contributed by atoms with Crippen LogP contribution in [0.15, 0.2) is 12.3 Å². The molecule has 0 radical (unpaired) electrons. The van der Waals surface area contributed by atoms with E-state index in [1.165, 1.54) is 6.42 Å². The molecule has 1 aromatic rings. The average Bonchev–Trinajstić information content (AvgIpc) is 2.81. The van der Waals surface area contributed by atoms with Crippen LogP contribution >= 0.6 is 0 Å². The van der Waals surface area contributed by atoms with E-state index in [2.05, 4.69) is 10.3 Å². The van der Waals surface area contributed by atoms with Gasteiger partial charge in [-0.1, -0.05) is 0 Å². The van der Waals surface area contributed by atoms with Gasteiger partial charge in [0.1, 0.15) is 5.75 Å². The predicted molar refractivity (Wildman–Crippen MR) is 57.3 cm³/mol. The topological polar surface area (TPSA) is 43.4 Å². The van der Waals surface area contributed by atoms with Crippen molar-refractivity contribution in [3.8, 4) is 11.6 Å². The normalized spacial score (nSPS) is 20.3. The lowest BCUT2D eigenvalue weighted by Crippen LogP contribution is -2.14. The molecular weight excluding hydrogens is 192 g/mol. The minimum atomic E-state index is 0.373. The Bertz CT molecular complexity index is 335. The van der Waals surface area contributed by atoms with Crippen LogP contribution < -0.4 is 14.8 Å². The van der Waals surface area contributed by atoms with E-state index in [9.17, 15) is 0 Å². The van der Waals surface area contributed by atoms with E-state index in [0.29, 0.717) is 11.9 Å². The van der Waals surface area contributed by atoms with Crippen molar-refractivity contribution >= 4 is 0 Å². The van der Waals surface area contributed by atoms with Crippen molar-refractivity contribution in [2.75, 3.05) is 20.8 Å². The molecule has 2 heterocycles. The Balaban J connectivity index is 2.29. The molecule has 1 saturated heterocycles. The summed E-state index contributed by atoms with van der Waals surface area (Å²) in [5, 5.41) is 3.42. The number of ether oxygens (including phenoxy) is 2. The van der Waals surface area contributed by atoms with E-state index in [1.54, 1.807) is 14.2 Å². The SMILES string of the molecule is COc1cc(OC)c(C2CCCN2)cn1. The number of methoxy groups -OCH3 is 2. The zero-order valence-electron chi connectivity index (χ0n) is 9.12. The van der Waals surface area contributed by atoms with Gasteiger partial charge < -0.3 is 14.8 Å². The summed E-state index contributed by atoms with van der Waals surface area (Å²) in [6.07, 6.45) is 4.19. The molecule has 82 valence electrons. The van der Waals surface area contributed by atoms with Crippen molar-refractivity contribution in [1.82, 2.24) is 10.3 Å². The van der Waals surface area contributed by atoms with Crippen LogP contribution in [0.4, 0.5) is 0 Å². The van der Waals surface area contributed by atoms with Gasteiger partial charge >= 0.3 is 0 Å². The molecule has 2 rings (SSSR count). The molecule has 1 aliphatic heterocycles. The van der Waals surface area contributed by atoms with Crippen LogP contribution in [0.3, 0.4) is 0 Å². The first-order valence-electron chi connectivity index (χ1n) is 5.16. The number of nitrogens with one attached hydrogen (secondary N) is 1. The standard InChI is InChI=1S/C11H16N2O2/c1-14-10-6-11(15-2)13-7-8(10)9-4-3-5-12-9/h6-7,9,12H,3-5H2,1-2H3. The van der Waals surface area contributed by atoms with Crippen molar-refractivity contribution in [2.24, 2.45) is 0 Å². The molecule has 1 aliphatic rings.